The molecule has 0 aliphatic carbocycles. The van der Waals surface area contributed by atoms with E-state index in [4.69, 9.17) is 0 Å². The molecular formula is C17H17FN2OS. The first-order valence-electron chi connectivity index (χ1n) is 7.18. The number of rotatable bonds is 2. The van der Waals surface area contributed by atoms with Crippen molar-refractivity contribution in [2.24, 2.45) is 0 Å². The molecule has 2 aromatic rings. The molecule has 1 heterocycles. The van der Waals surface area contributed by atoms with Crippen molar-refractivity contribution in [3.63, 3.8) is 0 Å². The van der Waals surface area contributed by atoms with Crippen LogP contribution in [0.5, 0.6) is 0 Å². The van der Waals surface area contributed by atoms with Crippen LogP contribution in [0, 0.1) is 12.7 Å². The molecule has 5 heteroatoms. The number of halogens is 1. The van der Waals surface area contributed by atoms with Crippen molar-refractivity contribution in [1.29, 1.82) is 0 Å². The first kappa shape index (κ1) is 14.9. The van der Waals surface area contributed by atoms with E-state index >= 15 is 0 Å². The molecule has 0 bridgehead atoms. The Morgan fingerprint density at radius 3 is 2.95 bits per heavy atom. The smallest absolute Gasteiger partial charge is 0.319 e. The minimum absolute atomic E-state index is 0.156. The molecule has 1 unspecified atom stereocenters. The molecule has 3 nitrogen and oxygen atoms in total. The van der Waals surface area contributed by atoms with Crippen LogP contribution in [-0.2, 0) is 0 Å². The topological polar surface area (TPSA) is 41.1 Å². The molecule has 0 spiro atoms. The molecule has 2 aromatic carbocycles. The number of amides is 2. The highest BCUT2D eigenvalue weighted by molar-refractivity contribution is 7.99. The van der Waals surface area contributed by atoms with E-state index in [0.717, 1.165) is 33.9 Å². The molecule has 0 saturated carbocycles. The summed E-state index contributed by atoms with van der Waals surface area (Å²) in [6.07, 6.45) is 0.794. The van der Waals surface area contributed by atoms with Crippen LogP contribution in [0.3, 0.4) is 0 Å². The number of hydrogen-bond donors (Lipinski definition) is 2. The molecule has 1 aliphatic rings. The van der Waals surface area contributed by atoms with Gasteiger partial charge in [-0.15, -0.1) is 11.8 Å². The Kier molecular flexibility index (Phi) is 4.34. The van der Waals surface area contributed by atoms with Crippen LogP contribution in [0.2, 0.25) is 0 Å². The van der Waals surface area contributed by atoms with Gasteiger partial charge in [-0.25, -0.2) is 9.18 Å². The minimum atomic E-state index is -0.271. The molecule has 3 rings (SSSR count). The van der Waals surface area contributed by atoms with Gasteiger partial charge in [0, 0.05) is 16.3 Å². The largest absolute Gasteiger partial charge is 0.331 e. The SMILES string of the molecule is Cc1cccc(NC(=O)NC2CCSc3ccc(F)cc32)c1. The van der Waals surface area contributed by atoms with E-state index in [1.807, 2.05) is 31.2 Å². The van der Waals surface area contributed by atoms with E-state index in [9.17, 15) is 9.18 Å². The van der Waals surface area contributed by atoms with E-state index in [2.05, 4.69) is 10.6 Å². The predicted octanol–water partition coefficient (Wildman–Crippen LogP) is 4.49. The minimum Gasteiger partial charge on any atom is -0.331 e. The van der Waals surface area contributed by atoms with Crippen LogP contribution in [0.25, 0.3) is 0 Å². The summed E-state index contributed by atoms with van der Waals surface area (Å²) in [5.41, 5.74) is 2.69. The number of benzene rings is 2. The zero-order chi connectivity index (χ0) is 15.5. The fourth-order valence-electron chi connectivity index (χ4n) is 2.56. The van der Waals surface area contributed by atoms with Crippen LogP contribution in [0.15, 0.2) is 47.4 Å². The van der Waals surface area contributed by atoms with E-state index in [-0.39, 0.29) is 17.9 Å². The summed E-state index contributed by atoms with van der Waals surface area (Å²) >= 11 is 1.70. The maximum absolute atomic E-state index is 13.5. The lowest BCUT2D eigenvalue weighted by Gasteiger charge is -2.26. The Morgan fingerprint density at radius 2 is 2.14 bits per heavy atom. The molecular weight excluding hydrogens is 299 g/mol. The summed E-state index contributed by atoms with van der Waals surface area (Å²) in [4.78, 5) is 13.2. The van der Waals surface area contributed by atoms with Crippen molar-refractivity contribution in [3.05, 3.63) is 59.4 Å². The van der Waals surface area contributed by atoms with Gasteiger partial charge in [-0.3, -0.25) is 0 Å². The van der Waals surface area contributed by atoms with Crippen LogP contribution in [0.4, 0.5) is 14.9 Å². The van der Waals surface area contributed by atoms with Crippen molar-refractivity contribution < 1.29 is 9.18 Å². The third-order valence-corrected chi connectivity index (χ3v) is 4.72. The highest BCUT2D eigenvalue weighted by Gasteiger charge is 2.22. The van der Waals surface area contributed by atoms with E-state index < -0.39 is 0 Å². The van der Waals surface area contributed by atoms with Gasteiger partial charge in [-0.1, -0.05) is 12.1 Å². The molecule has 0 fully saturated rings. The summed E-state index contributed by atoms with van der Waals surface area (Å²) in [6, 6.07) is 11.9. The number of hydrogen-bond acceptors (Lipinski definition) is 2. The predicted molar refractivity (Wildman–Crippen MR) is 87.8 cm³/mol. The summed E-state index contributed by atoms with van der Waals surface area (Å²) in [5.74, 6) is 0.640. The molecule has 1 aliphatic heterocycles. The van der Waals surface area contributed by atoms with Crippen molar-refractivity contribution in [2.75, 3.05) is 11.1 Å². The second kappa shape index (κ2) is 6.40. The number of carbonyl (C=O) groups excluding carboxylic acids is 1. The number of urea groups is 1. The lowest BCUT2D eigenvalue weighted by Crippen LogP contribution is -2.34. The van der Waals surface area contributed by atoms with Crippen LogP contribution >= 0.6 is 11.8 Å². The molecule has 0 aromatic heterocycles. The van der Waals surface area contributed by atoms with Gasteiger partial charge in [0.1, 0.15) is 5.82 Å². The van der Waals surface area contributed by atoms with E-state index in [1.165, 1.54) is 12.1 Å². The summed E-state index contributed by atoms with van der Waals surface area (Å²) in [5, 5.41) is 5.77. The van der Waals surface area contributed by atoms with E-state index in [1.54, 1.807) is 17.8 Å². The fraction of sp³-hybridized carbons (Fsp3) is 0.235. The standard InChI is InChI=1S/C17H17FN2OS/c1-11-3-2-4-13(9-11)19-17(21)20-15-7-8-22-16-6-5-12(18)10-14(15)16/h2-6,9-10,15H,7-8H2,1H3,(H2,19,20,21). The van der Waals surface area contributed by atoms with Gasteiger partial charge < -0.3 is 10.6 Å². The Hall–Kier alpha value is -2.01. The quantitative estimate of drug-likeness (QED) is 0.857. The molecule has 0 radical (unpaired) electrons. The number of aryl methyl sites for hydroxylation is 1. The van der Waals surface area contributed by atoms with Gasteiger partial charge in [0.15, 0.2) is 0 Å². The molecule has 0 saturated heterocycles. The first-order chi connectivity index (χ1) is 10.6. The van der Waals surface area contributed by atoms with Crippen LogP contribution in [-0.4, -0.2) is 11.8 Å². The molecule has 22 heavy (non-hydrogen) atoms. The van der Waals surface area contributed by atoms with Gasteiger partial charge in [0.2, 0.25) is 0 Å². The third kappa shape index (κ3) is 3.42. The van der Waals surface area contributed by atoms with Gasteiger partial charge in [-0.05, 0) is 54.8 Å². The van der Waals surface area contributed by atoms with Crippen molar-refractivity contribution in [1.82, 2.24) is 5.32 Å². The number of anilines is 1. The Morgan fingerprint density at radius 1 is 1.27 bits per heavy atom. The zero-order valence-corrected chi connectivity index (χ0v) is 13.0. The Bertz CT molecular complexity index is 705. The number of fused-ring (bicyclic) bond motifs is 1. The molecule has 2 N–H and O–H groups in total. The molecule has 2 amide bonds. The van der Waals surface area contributed by atoms with Gasteiger partial charge >= 0.3 is 6.03 Å². The van der Waals surface area contributed by atoms with Crippen LogP contribution < -0.4 is 10.6 Å². The lowest BCUT2D eigenvalue weighted by molar-refractivity contribution is 0.248. The average Bonchev–Trinajstić information content (AvgIpc) is 2.48. The molecule has 1 atom stereocenters. The summed E-state index contributed by atoms with van der Waals surface area (Å²) in [6.45, 7) is 1.97. The highest BCUT2D eigenvalue weighted by atomic mass is 32.2. The second-order valence-electron chi connectivity index (χ2n) is 5.34. The van der Waals surface area contributed by atoms with Gasteiger partial charge in [0.25, 0.3) is 0 Å². The lowest BCUT2D eigenvalue weighted by atomic mass is 10.0. The Labute approximate surface area is 133 Å². The number of carbonyl (C=O) groups is 1. The zero-order valence-electron chi connectivity index (χ0n) is 12.2. The fourth-order valence-corrected chi connectivity index (χ4v) is 3.67. The van der Waals surface area contributed by atoms with Crippen molar-refractivity contribution in [2.45, 2.75) is 24.3 Å². The maximum atomic E-state index is 13.5. The number of nitrogens with one attached hydrogen (secondary N) is 2. The third-order valence-electron chi connectivity index (χ3n) is 3.59. The monoisotopic (exact) mass is 316 g/mol. The first-order valence-corrected chi connectivity index (χ1v) is 8.17. The summed E-state index contributed by atoms with van der Waals surface area (Å²) in [7, 11) is 0. The number of thioether (sulfide) groups is 1. The van der Waals surface area contributed by atoms with Crippen molar-refractivity contribution >= 4 is 23.5 Å². The molecule has 114 valence electrons. The van der Waals surface area contributed by atoms with Crippen molar-refractivity contribution in [3.8, 4) is 0 Å². The average molecular weight is 316 g/mol. The summed E-state index contributed by atoms with van der Waals surface area (Å²) < 4.78 is 13.5. The second-order valence-corrected chi connectivity index (χ2v) is 6.48. The Balaban J connectivity index is 1.71. The van der Waals surface area contributed by atoms with E-state index in [0.29, 0.717) is 0 Å². The normalized spacial score (nSPS) is 16.7. The van der Waals surface area contributed by atoms with Gasteiger partial charge in [-0.2, -0.15) is 0 Å². The van der Waals surface area contributed by atoms with Crippen LogP contribution in [0.1, 0.15) is 23.6 Å². The maximum Gasteiger partial charge on any atom is 0.319 e. The highest BCUT2D eigenvalue weighted by Crippen LogP contribution is 2.36. The van der Waals surface area contributed by atoms with Gasteiger partial charge in [0.05, 0.1) is 6.04 Å².